The van der Waals surface area contributed by atoms with E-state index in [1.807, 2.05) is 17.5 Å². The van der Waals surface area contributed by atoms with Crippen molar-refractivity contribution in [3.63, 3.8) is 0 Å². The highest BCUT2D eigenvalue weighted by atomic mass is 32.2. The molecule has 5 nitrogen and oxygen atoms in total. The van der Waals surface area contributed by atoms with E-state index >= 15 is 0 Å². The summed E-state index contributed by atoms with van der Waals surface area (Å²) < 4.78 is 10.7. The maximum atomic E-state index is 12.0. The van der Waals surface area contributed by atoms with Gasteiger partial charge in [0.1, 0.15) is 5.41 Å². The van der Waals surface area contributed by atoms with Gasteiger partial charge in [-0.2, -0.15) is 0 Å². The molecule has 3 rings (SSSR count). The second kappa shape index (κ2) is 5.85. The quantitative estimate of drug-likeness (QED) is 0.881. The predicted octanol–water partition coefficient (Wildman–Crippen LogP) is 2.65. The normalized spacial score (nSPS) is 22.9. The molecule has 1 aliphatic heterocycles. The molecule has 1 heterocycles. The number of thioether (sulfide) groups is 1. The lowest BCUT2D eigenvalue weighted by Crippen LogP contribution is -2.34. The summed E-state index contributed by atoms with van der Waals surface area (Å²) in [6.07, 6.45) is 3.15. The fourth-order valence-corrected chi connectivity index (χ4v) is 4.29. The molecule has 0 saturated carbocycles. The molecule has 0 amide bonds. The molecule has 0 bridgehead atoms. The molecule has 0 spiro atoms. The van der Waals surface area contributed by atoms with Crippen LogP contribution < -0.4 is 15.2 Å². The summed E-state index contributed by atoms with van der Waals surface area (Å²) in [5, 5.41) is 11.7. The number of carboxylic acid groups (broad SMARTS) is 1. The van der Waals surface area contributed by atoms with Crippen molar-refractivity contribution in [1.82, 2.24) is 0 Å². The number of allylic oxidation sites excluding steroid dienone is 1. The van der Waals surface area contributed by atoms with Gasteiger partial charge in [0.05, 0.1) is 14.2 Å². The highest BCUT2D eigenvalue weighted by Crippen LogP contribution is 2.50. The van der Waals surface area contributed by atoms with E-state index in [9.17, 15) is 9.90 Å². The Kier molecular flexibility index (Phi) is 4.02. The number of nitrogens with two attached hydrogens (primary N) is 1. The van der Waals surface area contributed by atoms with Crippen LogP contribution in [0.2, 0.25) is 0 Å². The zero-order chi connectivity index (χ0) is 16.6. The van der Waals surface area contributed by atoms with Crippen LogP contribution in [-0.2, 0) is 11.2 Å². The number of ether oxygens (including phenoxy) is 2. The van der Waals surface area contributed by atoms with E-state index in [2.05, 4.69) is 0 Å². The molecule has 1 aromatic rings. The summed E-state index contributed by atoms with van der Waals surface area (Å²) in [6.45, 7) is 0. The van der Waals surface area contributed by atoms with E-state index < -0.39 is 11.4 Å². The minimum absolute atomic E-state index is 0.451. The SMILES string of the molecule is COc1cc2c(cc1OC)C(C1(C(=O)O)C=CSC1)=C(N)CC2. The van der Waals surface area contributed by atoms with Gasteiger partial charge < -0.3 is 20.3 Å². The number of aryl methyl sites for hydroxylation is 1. The molecule has 1 unspecified atom stereocenters. The number of rotatable bonds is 4. The van der Waals surface area contributed by atoms with Crippen molar-refractivity contribution in [1.29, 1.82) is 0 Å². The van der Waals surface area contributed by atoms with Crippen LogP contribution in [0.15, 0.2) is 29.3 Å². The second-order valence-corrected chi connectivity index (χ2v) is 6.55. The summed E-state index contributed by atoms with van der Waals surface area (Å²) in [5.74, 6) is 0.798. The Morgan fingerprint density at radius 1 is 1.26 bits per heavy atom. The van der Waals surface area contributed by atoms with Crippen LogP contribution in [0.1, 0.15) is 17.5 Å². The third kappa shape index (κ3) is 2.37. The second-order valence-electron chi connectivity index (χ2n) is 5.65. The fourth-order valence-electron chi connectivity index (χ4n) is 3.24. The van der Waals surface area contributed by atoms with Crippen LogP contribution in [0.25, 0.3) is 5.57 Å². The molecule has 122 valence electrons. The first-order valence-electron chi connectivity index (χ1n) is 7.30. The minimum atomic E-state index is -1.08. The molecule has 0 aromatic heterocycles. The van der Waals surface area contributed by atoms with Gasteiger partial charge in [-0.15, -0.1) is 11.8 Å². The van der Waals surface area contributed by atoms with Gasteiger partial charge >= 0.3 is 5.97 Å². The summed E-state index contributed by atoms with van der Waals surface area (Å²) in [4.78, 5) is 12.0. The van der Waals surface area contributed by atoms with Crippen molar-refractivity contribution in [2.45, 2.75) is 12.8 Å². The smallest absolute Gasteiger partial charge is 0.319 e. The number of methoxy groups -OCH3 is 2. The third-order valence-electron chi connectivity index (χ3n) is 4.45. The number of carboxylic acids is 1. The lowest BCUT2D eigenvalue weighted by molar-refractivity contribution is -0.142. The highest BCUT2D eigenvalue weighted by molar-refractivity contribution is 8.02. The Morgan fingerprint density at radius 2 is 1.96 bits per heavy atom. The van der Waals surface area contributed by atoms with Crippen LogP contribution in [0, 0.1) is 5.41 Å². The van der Waals surface area contributed by atoms with E-state index in [4.69, 9.17) is 15.2 Å². The van der Waals surface area contributed by atoms with Crippen molar-refractivity contribution in [3.8, 4) is 11.5 Å². The van der Waals surface area contributed by atoms with E-state index in [-0.39, 0.29) is 0 Å². The van der Waals surface area contributed by atoms with Gasteiger partial charge in [0.15, 0.2) is 11.5 Å². The standard InChI is InChI=1S/C17H19NO4S/c1-21-13-7-10-3-4-12(18)15(11(10)8-14(13)22-2)17(16(19)20)5-6-23-9-17/h5-8H,3-4,9,18H2,1-2H3,(H,19,20). The molecule has 23 heavy (non-hydrogen) atoms. The molecule has 0 fully saturated rings. The average Bonchev–Trinajstić information content (AvgIpc) is 3.04. The molecule has 1 aliphatic carbocycles. The Bertz CT molecular complexity index is 726. The van der Waals surface area contributed by atoms with Gasteiger partial charge in [-0.25, -0.2) is 0 Å². The molecule has 1 aromatic carbocycles. The van der Waals surface area contributed by atoms with Gasteiger partial charge in [0.25, 0.3) is 0 Å². The maximum Gasteiger partial charge on any atom is 0.319 e. The van der Waals surface area contributed by atoms with Crippen molar-refractivity contribution in [3.05, 3.63) is 40.4 Å². The number of aliphatic carboxylic acids is 1. The maximum absolute atomic E-state index is 12.0. The first-order chi connectivity index (χ1) is 11.0. The zero-order valence-corrected chi connectivity index (χ0v) is 13.9. The van der Waals surface area contributed by atoms with Gasteiger partial charge in [-0.3, -0.25) is 4.79 Å². The van der Waals surface area contributed by atoms with Crippen LogP contribution in [0.3, 0.4) is 0 Å². The van der Waals surface area contributed by atoms with Crippen molar-refractivity contribution in [2.75, 3.05) is 20.0 Å². The zero-order valence-electron chi connectivity index (χ0n) is 13.1. The molecule has 6 heteroatoms. The van der Waals surface area contributed by atoms with Gasteiger partial charge in [-0.1, -0.05) is 6.08 Å². The predicted molar refractivity (Wildman–Crippen MR) is 90.6 cm³/mol. The van der Waals surface area contributed by atoms with Gasteiger partial charge in [-0.05, 0) is 41.5 Å². The molecular formula is C17H19NO4S. The largest absolute Gasteiger partial charge is 0.493 e. The number of carbonyl (C=O) groups is 1. The lowest BCUT2D eigenvalue weighted by atomic mass is 9.72. The van der Waals surface area contributed by atoms with Crippen LogP contribution >= 0.6 is 11.8 Å². The molecule has 0 saturated heterocycles. The van der Waals surface area contributed by atoms with Crippen LogP contribution in [-0.4, -0.2) is 31.0 Å². The molecular weight excluding hydrogens is 314 g/mol. The topological polar surface area (TPSA) is 81.8 Å². The Labute approximate surface area is 139 Å². The number of fused-ring (bicyclic) bond motifs is 1. The number of hydrogen-bond donors (Lipinski definition) is 2. The summed E-state index contributed by atoms with van der Waals surface area (Å²) in [6, 6.07) is 3.76. The van der Waals surface area contributed by atoms with E-state index in [1.165, 1.54) is 11.8 Å². The fraction of sp³-hybridized carbons (Fsp3) is 0.353. The van der Waals surface area contributed by atoms with E-state index in [1.54, 1.807) is 20.3 Å². The summed E-state index contributed by atoms with van der Waals surface area (Å²) in [7, 11) is 3.16. The summed E-state index contributed by atoms with van der Waals surface area (Å²) in [5.41, 5.74) is 8.39. The van der Waals surface area contributed by atoms with Crippen LogP contribution in [0.4, 0.5) is 0 Å². The summed E-state index contributed by atoms with van der Waals surface area (Å²) >= 11 is 1.49. The lowest BCUT2D eigenvalue weighted by Gasteiger charge is -2.32. The molecule has 2 aliphatic rings. The van der Waals surface area contributed by atoms with Crippen LogP contribution in [0.5, 0.6) is 11.5 Å². The first kappa shape index (κ1) is 15.8. The Morgan fingerprint density at radius 3 is 2.52 bits per heavy atom. The van der Waals surface area contributed by atoms with Gasteiger partial charge in [0.2, 0.25) is 0 Å². The minimum Gasteiger partial charge on any atom is -0.493 e. The van der Waals surface area contributed by atoms with Crippen molar-refractivity contribution < 1.29 is 19.4 Å². The number of benzene rings is 1. The third-order valence-corrected chi connectivity index (χ3v) is 5.40. The highest BCUT2D eigenvalue weighted by Gasteiger charge is 2.45. The Balaban J connectivity index is 2.23. The Hall–Kier alpha value is -2.08. The molecule has 3 N–H and O–H groups in total. The molecule has 0 radical (unpaired) electrons. The first-order valence-corrected chi connectivity index (χ1v) is 8.35. The monoisotopic (exact) mass is 333 g/mol. The van der Waals surface area contributed by atoms with Crippen molar-refractivity contribution in [2.24, 2.45) is 11.1 Å². The van der Waals surface area contributed by atoms with E-state index in [0.717, 1.165) is 17.5 Å². The molecule has 1 atom stereocenters. The number of hydrogen-bond acceptors (Lipinski definition) is 5. The average molecular weight is 333 g/mol. The van der Waals surface area contributed by atoms with E-state index in [0.29, 0.717) is 34.9 Å². The van der Waals surface area contributed by atoms with Crippen molar-refractivity contribution >= 4 is 23.3 Å². The van der Waals surface area contributed by atoms with Gasteiger partial charge in [0, 0.05) is 17.0 Å².